The number of benzene rings is 1. The van der Waals surface area contributed by atoms with Gasteiger partial charge in [0.2, 0.25) is 6.79 Å². The molecule has 132 valence electrons. The molecule has 7 heteroatoms. The van der Waals surface area contributed by atoms with Crippen LogP contribution in [0.4, 0.5) is 0 Å². The van der Waals surface area contributed by atoms with E-state index in [2.05, 4.69) is 17.2 Å². The van der Waals surface area contributed by atoms with Crippen LogP contribution in [-0.2, 0) is 0 Å². The van der Waals surface area contributed by atoms with E-state index in [1.165, 1.54) is 11.3 Å². The zero-order valence-corrected chi connectivity index (χ0v) is 15.0. The van der Waals surface area contributed by atoms with Gasteiger partial charge in [-0.15, -0.1) is 11.3 Å². The first-order chi connectivity index (χ1) is 12.3. The minimum atomic E-state index is 0.0267. The van der Waals surface area contributed by atoms with Crippen LogP contribution in [0.5, 0.6) is 11.5 Å². The minimum Gasteiger partial charge on any atom is -0.454 e. The first-order valence-electron chi connectivity index (χ1n) is 8.63. The van der Waals surface area contributed by atoms with Gasteiger partial charge in [0.1, 0.15) is 10.7 Å². The number of nitrogens with one attached hydrogen (secondary N) is 1. The molecule has 2 aliphatic rings. The Labute approximate surface area is 150 Å². The molecular formula is C18H21N3O3S. The normalized spacial score (nSPS) is 18.5. The van der Waals surface area contributed by atoms with Crippen molar-refractivity contribution < 1.29 is 14.3 Å². The van der Waals surface area contributed by atoms with E-state index in [-0.39, 0.29) is 18.7 Å². The van der Waals surface area contributed by atoms with Gasteiger partial charge in [0, 0.05) is 30.1 Å². The van der Waals surface area contributed by atoms with Crippen LogP contribution in [0.1, 0.15) is 30.3 Å². The van der Waals surface area contributed by atoms with Crippen molar-refractivity contribution >= 4 is 17.2 Å². The van der Waals surface area contributed by atoms with E-state index in [0.29, 0.717) is 5.69 Å². The lowest BCUT2D eigenvalue weighted by atomic mass is 10.2. The molecule has 1 amide bonds. The average Bonchev–Trinajstić information content (AvgIpc) is 3.39. The molecule has 0 spiro atoms. The van der Waals surface area contributed by atoms with Gasteiger partial charge in [-0.3, -0.25) is 4.79 Å². The lowest BCUT2D eigenvalue weighted by molar-refractivity contribution is 0.0687. The van der Waals surface area contributed by atoms with E-state index in [9.17, 15) is 4.79 Å². The quantitative estimate of drug-likeness (QED) is 0.889. The Morgan fingerprint density at radius 2 is 2.28 bits per heavy atom. The Hall–Kier alpha value is -2.12. The summed E-state index contributed by atoms with van der Waals surface area (Å²) in [6.07, 6.45) is 1.95. The zero-order valence-electron chi connectivity index (χ0n) is 14.2. The number of hydrogen-bond donors (Lipinski definition) is 1. The predicted molar refractivity (Wildman–Crippen MR) is 96.3 cm³/mol. The van der Waals surface area contributed by atoms with Gasteiger partial charge in [0.25, 0.3) is 5.91 Å². The molecule has 1 saturated heterocycles. The molecule has 1 fully saturated rings. The van der Waals surface area contributed by atoms with Crippen LogP contribution in [0, 0.1) is 0 Å². The molecule has 4 rings (SSSR count). The van der Waals surface area contributed by atoms with Gasteiger partial charge in [-0.1, -0.05) is 6.92 Å². The molecule has 1 aromatic heterocycles. The van der Waals surface area contributed by atoms with Crippen LogP contribution in [0.25, 0.3) is 10.6 Å². The fraction of sp³-hybridized carbons (Fsp3) is 0.444. The summed E-state index contributed by atoms with van der Waals surface area (Å²) < 4.78 is 10.8. The van der Waals surface area contributed by atoms with E-state index >= 15 is 0 Å². The van der Waals surface area contributed by atoms with Crippen LogP contribution in [-0.4, -0.2) is 48.3 Å². The van der Waals surface area contributed by atoms with Crippen molar-refractivity contribution in [2.45, 2.75) is 25.8 Å². The fourth-order valence-electron chi connectivity index (χ4n) is 3.28. The SMILES string of the molecule is CCCN(C(=O)c1csc(-c2ccc3c(c2)OCO3)n1)C1CCNC1. The smallest absolute Gasteiger partial charge is 0.273 e. The van der Waals surface area contributed by atoms with Gasteiger partial charge >= 0.3 is 0 Å². The molecule has 6 nitrogen and oxygen atoms in total. The molecule has 1 N–H and O–H groups in total. The lowest BCUT2D eigenvalue weighted by Crippen LogP contribution is -2.42. The van der Waals surface area contributed by atoms with Gasteiger partial charge in [-0.05, 0) is 37.6 Å². The van der Waals surface area contributed by atoms with E-state index < -0.39 is 0 Å². The number of carbonyl (C=O) groups is 1. The van der Waals surface area contributed by atoms with Crippen molar-refractivity contribution in [3.05, 3.63) is 29.3 Å². The second-order valence-electron chi connectivity index (χ2n) is 6.25. The number of thiazole rings is 1. The van der Waals surface area contributed by atoms with Crippen molar-refractivity contribution in [1.82, 2.24) is 15.2 Å². The highest BCUT2D eigenvalue weighted by Gasteiger charge is 2.28. The predicted octanol–water partition coefficient (Wildman–Crippen LogP) is 2.75. The average molecular weight is 359 g/mol. The summed E-state index contributed by atoms with van der Waals surface area (Å²) in [5.74, 6) is 1.50. The summed E-state index contributed by atoms with van der Waals surface area (Å²) in [5.41, 5.74) is 1.47. The maximum Gasteiger partial charge on any atom is 0.273 e. The van der Waals surface area contributed by atoms with Crippen LogP contribution < -0.4 is 14.8 Å². The first kappa shape index (κ1) is 16.4. The standard InChI is InChI=1S/C18H21N3O3S/c1-2-7-21(13-5-6-19-9-13)18(22)14-10-25-17(20-14)12-3-4-15-16(8-12)24-11-23-15/h3-4,8,10,13,19H,2,5-7,9,11H2,1H3. The summed E-state index contributed by atoms with van der Waals surface area (Å²) in [4.78, 5) is 19.5. The molecule has 25 heavy (non-hydrogen) atoms. The molecule has 0 saturated carbocycles. The number of amides is 1. The molecule has 2 aliphatic heterocycles. The Morgan fingerprint density at radius 1 is 1.40 bits per heavy atom. The molecule has 1 aromatic carbocycles. The van der Waals surface area contributed by atoms with Gasteiger partial charge < -0.3 is 19.7 Å². The van der Waals surface area contributed by atoms with Crippen molar-refractivity contribution in [2.75, 3.05) is 26.4 Å². The second kappa shape index (κ2) is 7.01. The third-order valence-electron chi connectivity index (χ3n) is 4.54. The summed E-state index contributed by atoms with van der Waals surface area (Å²) in [5, 5.41) is 6.01. The largest absolute Gasteiger partial charge is 0.454 e. The van der Waals surface area contributed by atoms with Gasteiger partial charge in [-0.2, -0.15) is 0 Å². The number of fused-ring (bicyclic) bond motifs is 1. The highest BCUT2D eigenvalue weighted by Crippen LogP contribution is 2.36. The number of ether oxygens (including phenoxy) is 2. The fourth-order valence-corrected chi connectivity index (χ4v) is 4.07. The highest BCUT2D eigenvalue weighted by atomic mass is 32.1. The third-order valence-corrected chi connectivity index (χ3v) is 5.43. The van der Waals surface area contributed by atoms with Gasteiger partial charge in [0.05, 0.1) is 0 Å². The zero-order chi connectivity index (χ0) is 17.2. The number of aromatic nitrogens is 1. The number of hydrogen-bond acceptors (Lipinski definition) is 6. The molecule has 3 heterocycles. The van der Waals surface area contributed by atoms with E-state index in [4.69, 9.17) is 9.47 Å². The van der Waals surface area contributed by atoms with Crippen molar-refractivity contribution in [2.24, 2.45) is 0 Å². The van der Waals surface area contributed by atoms with Crippen LogP contribution in [0.2, 0.25) is 0 Å². The maximum atomic E-state index is 13.0. The van der Waals surface area contributed by atoms with Crippen LogP contribution in [0.15, 0.2) is 23.6 Å². The molecule has 1 atom stereocenters. The van der Waals surface area contributed by atoms with E-state index in [1.807, 2.05) is 28.5 Å². The number of carbonyl (C=O) groups excluding carboxylic acids is 1. The first-order valence-corrected chi connectivity index (χ1v) is 9.51. The summed E-state index contributed by atoms with van der Waals surface area (Å²) >= 11 is 1.48. The Bertz CT molecular complexity index is 771. The van der Waals surface area contributed by atoms with E-state index in [1.54, 1.807) is 0 Å². The maximum absolute atomic E-state index is 13.0. The van der Waals surface area contributed by atoms with E-state index in [0.717, 1.165) is 54.5 Å². The molecule has 2 aromatic rings. The van der Waals surface area contributed by atoms with Crippen molar-refractivity contribution in [3.63, 3.8) is 0 Å². The Balaban J connectivity index is 1.56. The number of rotatable bonds is 5. The topological polar surface area (TPSA) is 63.7 Å². The summed E-state index contributed by atoms with van der Waals surface area (Å²) in [6.45, 7) is 4.95. The highest BCUT2D eigenvalue weighted by molar-refractivity contribution is 7.13. The van der Waals surface area contributed by atoms with Crippen LogP contribution in [0.3, 0.4) is 0 Å². The van der Waals surface area contributed by atoms with Crippen molar-refractivity contribution in [1.29, 1.82) is 0 Å². The minimum absolute atomic E-state index is 0.0267. The second-order valence-corrected chi connectivity index (χ2v) is 7.11. The van der Waals surface area contributed by atoms with Crippen molar-refractivity contribution in [3.8, 4) is 22.1 Å². The molecule has 0 aliphatic carbocycles. The van der Waals surface area contributed by atoms with Crippen LogP contribution >= 0.6 is 11.3 Å². The number of nitrogens with zero attached hydrogens (tertiary/aromatic N) is 2. The van der Waals surface area contributed by atoms with Gasteiger partial charge in [-0.25, -0.2) is 4.98 Å². The molecule has 0 radical (unpaired) electrons. The van der Waals surface area contributed by atoms with Gasteiger partial charge in [0.15, 0.2) is 11.5 Å². The lowest BCUT2D eigenvalue weighted by Gasteiger charge is -2.27. The Kier molecular flexibility index (Phi) is 4.59. The third kappa shape index (κ3) is 3.21. The monoisotopic (exact) mass is 359 g/mol. The summed E-state index contributed by atoms with van der Waals surface area (Å²) in [7, 11) is 0. The molecule has 0 bridgehead atoms. The molecule has 1 unspecified atom stereocenters. The molecular weight excluding hydrogens is 338 g/mol. The Morgan fingerprint density at radius 3 is 3.08 bits per heavy atom. The summed E-state index contributed by atoms with van der Waals surface area (Å²) in [6, 6.07) is 6.02.